The average molecular weight is 183 g/mol. The lowest BCUT2D eigenvalue weighted by Gasteiger charge is -2.21. The first-order valence-electron chi connectivity index (χ1n) is 4.20. The molecule has 13 heavy (non-hydrogen) atoms. The van der Waals surface area contributed by atoms with Crippen LogP contribution in [0.5, 0.6) is 0 Å². The second-order valence-electron chi connectivity index (χ2n) is 3.43. The minimum absolute atomic E-state index is 0.461. The summed E-state index contributed by atoms with van der Waals surface area (Å²) in [5.41, 5.74) is 0.109. The third kappa shape index (κ3) is 2.08. The van der Waals surface area contributed by atoms with Crippen LogP contribution in [0.4, 0.5) is 0 Å². The molecule has 1 aromatic heterocycles. The van der Waals surface area contributed by atoms with Gasteiger partial charge in [0.25, 0.3) is 0 Å². The van der Waals surface area contributed by atoms with Gasteiger partial charge in [-0.05, 0) is 19.8 Å². The molecule has 1 atom stereocenters. The molecule has 4 heteroatoms. The van der Waals surface area contributed by atoms with Crippen LogP contribution in [0, 0.1) is 5.41 Å². The molecule has 0 aromatic carbocycles. The molecule has 0 aliphatic rings. The highest BCUT2D eigenvalue weighted by Crippen LogP contribution is 2.26. The Morgan fingerprint density at radius 3 is 2.85 bits per heavy atom. The lowest BCUT2D eigenvalue weighted by molar-refractivity contribution is -0.148. The molecular weight excluding hydrogens is 170 g/mol. The SMILES string of the molecule is CCC(C)(Cc1cnoc1)C(=O)O. The summed E-state index contributed by atoms with van der Waals surface area (Å²) in [7, 11) is 0. The number of aromatic nitrogens is 1. The maximum absolute atomic E-state index is 10.9. The molecule has 0 amide bonds. The standard InChI is InChI=1S/C9H13NO3/c1-3-9(2,8(11)12)4-7-5-10-13-6-7/h5-6H,3-4H2,1-2H3,(H,11,12). The highest BCUT2D eigenvalue weighted by molar-refractivity contribution is 5.74. The topological polar surface area (TPSA) is 63.3 Å². The zero-order valence-electron chi connectivity index (χ0n) is 7.78. The van der Waals surface area contributed by atoms with Crippen molar-refractivity contribution in [2.75, 3.05) is 0 Å². The van der Waals surface area contributed by atoms with Gasteiger partial charge < -0.3 is 9.63 Å². The smallest absolute Gasteiger partial charge is 0.309 e. The highest BCUT2D eigenvalue weighted by atomic mass is 16.5. The molecule has 1 aromatic rings. The van der Waals surface area contributed by atoms with Gasteiger partial charge in [0, 0.05) is 5.56 Å². The summed E-state index contributed by atoms with van der Waals surface area (Å²) in [5.74, 6) is -0.781. The van der Waals surface area contributed by atoms with Crippen molar-refractivity contribution in [3.63, 3.8) is 0 Å². The van der Waals surface area contributed by atoms with Crippen LogP contribution < -0.4 is 0 Å². The van der Waals surface area contributed by atoms with E-state index < -0.39 is 11.4 Å². The van der Waals surface area contributed by atoms with Gasteiger partial charge >= 0.3 is 5.97 Å². The van der Waals surface area contributed by atoms with Gasteiger partial charge in [-0.1, -0.05) is 12.1 Å². The van der Waals surface area contributed by atoms with E-state index in [1.54, 1.807) is 13.1 Å². The van der Waals surface area contributed by atoms with Crippen LogP contribution >= 0.6 is 0 Å². The van der Waals surface area contributed by atoms with E-state index in [0.29, 0.717) is 12.8 Å². The predicted molar refractivity (Wildman–Crippen MR) is 46.2 cm³/mol. The van der Waals surface area contributed by atoms with Crippen molar-refractivity contribution in [1.82, 2.24) is 5.16 Å². The molecule has 0 saturated carbocycles. The first-order valence-corrected chi connectivity index (χ1v) is 4.20. The third-order valence-corrected chi connectivity index (χ3v) is 2.37. The minimum Gasteiger partial charge on any atom is -0.481 e. The van der Waals surface area contributed by atoms with Crippen LogP contribution in [0.3, 0.4) is 0 Å². The second kappa shape index (κ2) is 3.60. The van der Waals surface area contributed by atoms with Crippen LogP contribution in [-0.4, -0.2) is 16.2 Å². The van der Waals surface area contributed by atoms with E-state index in [1.165, 1.54) is 6.26 Å². The Morgan fingerprint density at radius 1 is 1.77 bits per heavy atom. The summed E-state index contributed by atoms with van der Waals surface area (Å²) in [5, 5.41) is 12.5. The van der Waals surface area contributed by atoms with Gasteiger partial charge in [0.05, 0.1) is 11.6 Å². The number of aliphatic carboxylic acids is 1. The minimum atomic E-state index is -0.781. The van der Waals surface area contributed by atoms with Crippen LogP contribution in [-0.2, 0) is 11.2 Å². The number of carbonyl (C=O) groups is 1. The molecule has 1 rings (SSSR count). The van der Waals surface area contributed by atoms with Crippen molar-refractivity contribution in [2.24, 2.45) is 5.41 Å². The van der Waals surface area contributed by atoms with Gasteiger partial charge in [-0.2, -0.15) is 0 Å². The van der Waals surface area contributed by atoms with Crippen LogP contribution in [0.15, 0.2) is 17.0 Å². The molecule has 72 valence electrons. The third-order valence-electron chi connectivity index (χ3n) is 2.37. The molecule has 0 radical (unpaired) electrons. The lowest BCUT2D eigenvalue weighted by atomic mass is 9.82. The van der Waals surface area contributed by atoms with E-state index in [-0.39, 0.29) is 0 Å². The molecule has 1 N–H and O–H groups in total. The van der Waals surface area contributed by atoms with Crippen molar-refractivity contribution < 1.29 is 14.4 Å². The van der Waals surface area contributed by atoms with E-state index in [1.807, 2.05) is 6.92 Å². The number of hydrogen-bond acceptors (Lipinski definition) is 3. The van der Waals surface area contributed by atoms with Gasteiger partial charge in [-0.3, -0.25) is 4.79 Å². The Labute approximate surface area is 76.5 Å². The summed E-state index contributed by atoms with van der Waals surface area (Å²) in [4.78, 5) is 10.9. The van der Waals surface area contributed by atoms with Crippen LogP contribution in [0.1, 0.15) is 25.8 Å². The van der Waals surface area contributed by atoms with Gasteiger partial charge in [-0.25, -0.2) is 0 Å². The van der Waals surface area contributed by atoms with Gasteiger partial charge in [0.2, 0.25) is 0 Å². The Morgan fingerprint density at radius 2 is 2.46 bits per heavy atom. The largest absolute Gasteiger partial charge is 0.481 e. The second-order valence-corrected chi connectivity index (χ2v) is 3.43. The Bertz CT molecular complexity index is 281. The summed E-state index contributed by atoms with van der Waals surface area (Å²) >= 11 is 0. The molecule has 1 unspecified atom stereocenters. The van der Waals surface area contributed by atoms with Crippen molar-refractivity contribution in [3.05, 3.63) is 18.0 Å². The summed E-state index contributed by atoms with van der Waals surface area (Å²) in [6.45, 7) is 3.59. The summed E-state index contributed by atoms with van der Waals surface area (Å²) < 4.78 is 4.64. The maximum atomic E-state index is 10.9. The summed E-state index contributed by atoms with van der Waals surface area (Å²) in [6.07, 6.45) is 4.09. The number of nitrogens with zero attached hydrogens (tertiary/aromatic N) is 1. The zero-order chi connectivity index (χ0) is 9.90. The fraction of sp³-hybridized carbons (Fsp3) is 0.556. The Balaban J connectivity index is 2.75. The van der Waals surface area contributed by atoms with Crippen LogP contribution in [0.2, 0.25) is 0 Å². The first-order chi connectivity index (χ1) is 6.08. The molecular formula is C9H13NO3. The number of rotatable bonds is 4. The fourth-order valence-electron chi connectivity index (χ4n) is 1.12. The zero-order valence-corrected chi connectivity index (χ0v) is 7.78. The highest BCUT2D eigenvalue weighted by Gasteiger charge is 2.31. The van der Waals surface area contributed by atoms with Crippen molar-refractivity contribution in [1.29, 1.82) is 0 Å². The number of hydrogen-bond donors (Lipinski definition) is 1. The fourth-order valence-corrected chi connectivity index (χ4v) is 1.12. The molecule has 0 saturated heterocycles. The molecule has 0 fully saturated rings. The summed E-state index contributed by atoms with van der Waals surface area (Å²) in [6, 6.07) is 0. The number of carboxylic acid groups (broad SMARTS) is 1. The van der Waals surface area contributed by atoms with E-state index in [9.17, 15) is 4.79 Å². The monoisotopic (exact) mass is 183 g/mol. The molecule has 4 nitrogen and oxygen atoms in total. The lowest BCUT2D eigenvalue weighted by Crippen LogP contribution is -2.28. The molecule has 0 spiro atoms. The quantitative estimate of drug-likeness (QED) is 0.771. The molecule has 0 aliphatic carbocycles. The molecule has 1 heterocycles. The first kappa shape index (κ1) is 9.77. The van der Waals surface area contributed by atoms with Crippen molar-refractivity contribution >= 4 is 5.97 Å². The van der Waals surface area contributed by atoms with E-state index in [4.69, 9.17) is 5.11 Å². The normalized spacial score (nSPS) is 15.2. The maximum Gasteiger partial charge on any atom is 0.309 e. The Kier molecular flexibility index (Phi) is 2.70. The molecule has 0 bridgehead atoms. The van der Waals surface area contributed by atoms with E-state index >= 15 is 0 Å². The molecule has 0 aliphatic heterocycles. The Hall–Kier alpha value is -1.32. The van der Waals surface area contributed by atoms with E-state index in [0.717, 1.165) is 5.56 Å². The average Bonchev–Trinajstić information content (AvgIpc) is 2.56. The predicted octanol–water partition coefficient (Wildman–Crippen LogP) is 1.72. The number of carboxylic acids is 1. The van der Waals surface area contributed by atoms with Crippen molar-refractivity contribution in [3.8, 4) is 0 Å². The van der Waals surface area contributed by atoms with Gasteiger partial charge in [0.15, 0.2) is 0 Å². The van der Waals surface area contributed by atoms with E-state index in [2.05, 4.69) is 9.68 Å². The van der Waals surface area contributed by atoms with Crippen molar-refractivity contribution in [2.45, 2.75) is 26.7 Å². The van der Waals surface area contributed by atoms with Gasteiger partial charge in [-0.15, -0.1) is 0 Å². The van der Waals surface area contributed by atoms with Crippen LogP contribution in [0.25, 0.3) is 0 Å². The van der Waals surface area contributed by atoms with Gasteiger partial charge in [0.1, 0.15) is 6.26 Å².